The van der Waals surface area contributed by atoms with Gasteiger partial charge in [-0.15, -0.1) is 0 Å². The molecule has 0 aliphatic carbocycles. The van der Waals surface area contributed by atoms with Crippen LogP contribution in [-0.2, 0) is 0 Å². The van der Waals surface area contributed by atoms with Crippen LogP contribution in [0.15, 0.2) is 40.0 Å². The Bertz CT molecular complexity index is 700. The van der Waals surface area contributed by atoms with E-state index in [9.17, 15) is 4.39 Å². The van der Waals surface area contributed by atoms with Crippen molar-refractivity contribution in [1.82, 2.24) is 14.3 Å². The summed E-state index contributed by atoms with van der Waals surface area (Å²) in [6.07, 6.45) is 3.06. The summed E-state index contributed by atoms with van der Waals surface area (Å²) < 4.78 is 18.5. The fourth-order valence-corrected chi connectivity index (χ4v) is 3.10. The van der Waals surface area contributed by atoms with E-state index in [1.165, 1.54) is 35.7 Å². The highest BCUT2D eigenvalue weighted by atomic mass is 32.2. The number of fused-ring (bicyclic) bond motifs is 1. The van der Waals surface area contributed by atoms with Crippen LogP contribution in [0.3, 0.4) is 0 Å². The Morgan fingerprint density at radius 2 is 2.22 bits per heavy atom. The van der Waals surface area contributed by atoms with Crippen LogP contribution in [0.25, 0.3) is 10.9 Å². The van der Waals surface area contributed by atoms with Gasteiger partial charge in [-0.1, -0.05) is 11.8 Å². The number of nitrogens with two attached hydrogens (primary N) is 1. The highest BCUT2D eigenvalue weighted by Crippen LogP contribution is 2.37. The van der Waals surface area contributed by atoms with Crippen LogP contribution in [0.1, 0.15) is 0 Å². The van der Waals surface area contributed by atoms with E-state index in [1.807, 2.05) is 6.07 Å². The van der Waals surface area contributed by atoms with Gasteiger partial charge in [0, 0.05) is 17.3 Å². The van der Waals surface area contributed by atoms with Crippen LogP contribution in [0.2, 0.25) is 0 Å². The van der Waals surface area contributed by atoms with Crippen molar-refractivity contribution < 1.29 is 4.39 Å². The summed E-state index contributed by atoms with van der Waals surface area (Å²) in [6, 6.07) is 4.91. The van der Waals surface area contributed by atoms with Gasteiger partial charge in [-0.05, 0) is 29.7 Å². The number of aromatic nitrogens is 3. The second-order valence-corrected chi connectivity index (χ2v) is 5.52. The number of hydrogen-bond acceptors (Lipinski definition) is 6. The van der Waals surface area contributed by atoms with E-state index >= 15 is 0 Å². The van der Waals surface area contributed by atoms with Gasteiger partial charge in [0.2, 0.25) is 0 Å². The van der Waals surface area contributed by atoms with Crippen LogP contribution in [0.5, 0.6) is 0 Å². The second-order valence-electron chi connectivity index (χ2n) is 3.49. The molecule has 7 heteroatoms. The molecule has 3 rings (SSSR count). The minimum Gasteiger partial charge on any atom is -0.398 e. The molecule has 0 bridgehead atoms. The third-order valence-corrected chi connectivity index (χ3v) is 4.17. The summed E-state index contributed by atoms with van der Waals surface area (Å²) in [4.78, 5) is 8.65. The Balaban J connectivity index is 2.21. The molecule has 0 saturated carbocycles. The Morgan fingerprint density at radius 1 is 1.33 bits per heavy atom. The molecule has 3 aromatic rings. The molecule has 0 amide bonds. The Labute approximate surface area is 110 Å². The predicted molar refractivity (Wildman–Crippen MR) is 70.1 cm³/mol. The van der Waals surface area contributed by atoms with Crippen molar-refractivity contribution in [1.29, 1.82) is 0 Å². The van der Waals surface area contributed by atoms with E-state index in [-0.39, 0.29) is 5.82 Å². The fourth-order valence-electron chi connectivity index (χ4n) is 1.60. The lowest BCUT2D eigenvalue weighted by Crippen LogP contribution is -1.94. The van der Waals surface area contributed by atoms with E-state index in [4.69, 9.17) is 5.73 Å². The lowest BCUT2D eigenvalue weighted by molar-refractivity contribution is 0.605. The largest absolute Gasteiger partial charge is 0.398 e. The number of nitrogen functional groups attached to an aromatic ring is 1. The zero-order valence-electron chi connectivity index (χ0n) is 9.00. The average molecular weight is 278 g/mol. The molecule has 90 valence electrons. The normalized spacial score (nSPS) is 10.9. The molecule has 0 spiro atoms. The maximum Gasteiger partial charge on any atom is 0.174 e. The van der Waals surface area contributed by atoms with Crippen LogP contribution in [0.4, 0.5) is 10.1 Å². The van der Waals surface area contributed by atoms with Crippen LogP contribution < -0.4 is 5.73 Å². The standard InChI is InChI=1S/C11H7FN4S2/c12-7-4-8(13)6-2-1-3-14-9(6)10(7)17-11-15-5-16-18-11/h1-5H,13H2. The summed E-state index contributed by atoms with van der Waals surface area (Å²) in [5, 5.41) is 0.742. The summed E-state index contributed by atoms with van der Waals surface area (Å²) in [5.74, 6) is -0.390. The Morgan fingerprint density at radius 3 is 3.00 bits per heavy atom. The van der Waals surface area contributed by atoms with Crippen molar-refractivity contribution in [2.24, 2.45) is 0 Å². The zero-order chi connectivity index (χ0) is 12.5. The van der Waals surface area contributed by atoms with Crippen LogP contribution >= 0.6 is 23.3 Å². The molecule has 2 heterocycles. The molecule has 18 heavy (non-hydrogen) atoms. The molecule has 0 aliphatic rings. The molecule has 2 aromatic heterocycles. The summed E-state index contributed by atoms with van der Waals surface area (Å²) in [7, 11) is 0. The van der Waals surface area contributed by atoms with Crippen molar-refractivity contribution in [2.75, 3.05) is 5.73 Å². The average Bonchev–Trinajstić information content (AvgIpc) is 2.87. The molecule has 0 fully saturated rings. The number of rotatable bonds is 2. The van der Waals surface area contributed by atoms with Crippen molar-refractivity contribution in [2.45, 2.75) is 9.24 Å². The molecule has 2 N–H and O–H groups in total. The predicted octanol–water partition coefficient (Wildman–Crippen LogP) is 2.96. The Hall–Kier alpha value is -1.73. The smallest absolute Gasteiger partial charge is 0.174 e. The van der Waals surface area contributed by atoms with Crippen molar-refractivity contribution in [3.05, 3.63) is 36.5 Å². The van der Waals surface area contributed by atoms with Gasteiger partial charge in [0.1, 0.15) is 12.1 Å². The first-order valence-corrected chi connectivity index (χ1v) is 6.62. The first kappa shape index (κ1) is 11.4. The van der Waals surface area contributed by atoms with Crippen molar-refractivity contribution in [3.63, 3.8) is 0 Å². The van der Waals surface area contributed by atoms with Gasteiger partial charge in [0.15, 0.2) is 4.34 Å². The lowest BCUT2D eigenvalue weighted by Gasteiger charge is -2.07. The molecule has 0 aliphatic heterocycles. The Kier molecular flexibility index (Phi) is 2.85. The molecule has 0 saturated heterocycles. The number of anilines is 1. The van der Waals surface area contributed by atoms with Gasteiger partial charge < -0.3 is 5.73 Å². The minimum atomic E-state index is -0.390. The molecule has 0 atom stereocenters. The molecule has 1 aromatic carbocycles. The summed E-state index contributed by atoms with van der Waals surface area (Å²) >= 11 is 2.43. The topological polar surface area (TPSA) is 64.7 Å². The van der Waals surface area contributed by atoms with E-state index in [1.54, 1.807) is 12.3 Å². The van der Waals surface area contributed by atoms with Crippen molar-refractivity contribution >= 4 is 39.9 Å². The van der Waals surface area contributed by atoms with E-state index in [2.05, 4.69) is 14.3 Å². The monoisotopic (exact) mass is 278 g/mol. The number of halogens is 1. The number of hydrogen-bond donors (Lipinski definition) is 1. The quantitative estimate of drug-likeness (QED) is 0.730. The van der Waals surface area contributed by atoms with Gasteiger partial charge in [-0.3, -0.25) is 4.98 Å². The highest BCUT2D eigenvalue weighted by Gasteiger charge is 2.14. The molecule has 0 radical (unpaired) electrons. The van der Waals surface area contributed by atoms with Gasteiger partial charge in [0.05, 0.1) is 10.4 Å². The first-order valence-electron chi connectivity index (χ1n) is 5.03. The SMILES string of the molecule is Nc1cc(F)c(Sc2ncns2)c2ncccc12. The van der Waals surface area contributed by atoms with E-state index < -0.39 is 0 Å². The molecule has 0 unspecified atom stereocenters. The zero-order valence-corrected chi connectivity index (χ0v) is 10.6. The van der Waals surface area contributed by atoms with Crippen molar-refractivity contribution in [3.8, 4) is 0 Å². The van der Waals surface area contributed by atoms with Gasteiger partial charge >= 0.3 is 0 Å². The van der Waals surface area contributed by atoms with Gasteiger partial charge in [0.25, 0.3) is 0 Å². The highest BCUT2D eigenvalue weighted by molar-refractivity contribution is 8.01. The third-order valence-electron chi connectivity index (χ3n) is 2.36. The molecule has 4 nitrogen and oxygen atoms in total. The third kappa shape index (κ3) is 1.91. The maximum atomic E-state index is 14.0. The summed E-state index contributed by atoms with van der Waals surface area (Å²) in [5.41, 5.74) is 6.72. The first-order chi connectivity index (χ1) is 8.75. The number of pyridine rings is 1. The minimum absolute atomic E-state index is 0.386. The number of nitrogens with zero attached hydrogens (tertiary/aromatic N) is 3. The van der Waals surface area contributed by atoms with Gasteiger partial charge in [-0.25, -0.2) is 9.37 Å². The lowest BCUT2D eigenvalue weighted by atomic mass is 10.2. The van der Waals surface area contributed by atoms with Gasteiger partial charge in [-0.2, -0.15) is 4.37 Å². The fraction of sp³-hybridized carbons (Fsp3) is 0. The molecular formula is C11H7FN4S2. The maximum absolute atomic E-state index is 14.0. The summed E-state index contributed by atoms with van der Waals surface area (Å²) in [6.45, 7) is 0. The van der Waals surface area contributed by atoms with Crippen LogP contribution in [0, 0.1) is 5.82 Å². The number of benzene rings is 1. The van der Waals surface area contributed by atoms with Crippen LogP contribution in [-0.4, -0.2) is 14.3 Å². The second kappa shape index (κ2) is 4.51. The van der Waals surface area contributed by atoms with E-state index in [0.717, 1.165) is 5.39 Å². The molecular weight excluding hydrogens is 271 g/mol. The van der Waals surface area contributed by atoms with E-state index in [0.29, 0.717) is 20.4 Å².